The van der Waals surface area contributed by atoms with Gasteiger partial charge in [0.1, 0.15) is 5.82 Å². The van der Waals surface area contributed by atoms with Crippen molar-refractivity contribution in [2.24, 2.45) is 0 Å². The Hall–Kier alpha value is -2.66. The first-order valence-electron chi connectivity index (χ1n) is 8.56. The minimum absolute atomic E-state index is 0.346. The fraction of sp³-hybridized carbons (Fsp3) is 0.250. The lowest BCUT2D eigenvalue weighted by Crippen LogP contribution is -2.05. The lowest BCUT2D eigenvalue weighted by atomic mass is 10.0. The van der Waals surface area contributed by atoms with Crippen LogP contribution < -0.4 is 0 Å². The number of aryl methyl sites for hydroxylation is 1. The molecule has 26 heavy (non-hydrogen) atoms. The van der Waals surface area contributed by atoms with E-state index in [2.05, 4.69) is 10.1 Å². The number of benzene rings is 2. The van der Waals surface area contributed by atoms with E-state index < -0.39 is 5.97 Å². The first kappa shape index (κ1) is 16.8. The fourth-order valence-corrected chi connectivity index (χ4v) is 3.28. The molecule has 1 fully saturated rings. The largest absolute Gasteiger partial charge is 0.478 e. The molecule has 6 heteroatoms. The molecular weight excluding hydrogens is 350 g/mol. The van der Waals surface area contributed by atoms with Gasteiger partial charge >= 0.3 is 5.97 Å². The molecule has 1 saturated carbocycles. The molecule has 0 bridgehead atoms. The second-order valence-electron chi connectivity index (χ2n) is 6.64. The summed E-state index contributed by atoms with van der Waals surface area (Å²) in [5.74, 6) is 0.967. The molecule has 132 valence electrons. The SMILES string of the molecule is Cc1nc(Cc2ccc(Cl)cc2)nn1-c1ccc(C(=O)O)c(C2CC2)c1. The Labute approximate surface area is 156 Å². The van der Waals surface area contributed by atoms with Gasteiger partial charge in [-0.05, 0) is 67.1 Å². The molecule has 0 radical (unpaired) electrons. The first-order chi connectivity index (χ1) is 12.5. The van der Waals surface area contributed by atoms with Gasteiger partial charge in [0.05, 0.1) is 11.3 Å². The number of hydrogen-bond donors (Lipinski definition) is 1. The molecule has 2 aromatic carbocycles. The maximum atomic E-state index is 11.5. The van der Waals surface area contributed by atoms with Gasteiger partial charge in [0.15, 0.2) is 5.82 Å². The standard InChI is InChI=1S/C20H18ClN3O2/c1-12-22-19(10-13-2-6-15(21)7-3-13)23-24(12)16-8-9-17(20(25)26)18(11-16)14-4-5-14/h2-3,6-9,11,14H,4-5,10H2,1H3,(H,25,26). The van der Waals surface area contributed by atoms with Crippen molar-refractivity contribution >= 4 is 17.6 Å². The molecule has 1 N–H and O–H groups in total. The van der Waals surface area contributed by atoms with E-state index in [1.54, 1.807) is 16.8 Å². The van der Waals surface area contributed by atoms with Crippen LogP contribution in [0.3, 0.4) is 0 Å². The second-order valence-corrected chi connectivity index (χ2v) is 7.08. The molecule has 0 amide bonds. The summed E-state index contributed by atoms with van der Waals surface area (Å²) in [6.45, 7) is 1.90. The van der Waals surface area contributed by atoms with Gasteiger partial charge in [-0.15, -0.1) is 0 Å². The highest BCUT2D eigenvalue weighted by atomic mass is 35.5. The van der Waals surface area contributed by atoms with E-state index in [4.69, 9.17) is 11.6 Å². The van der Waals surface area contributed by atoms with Crippen LogP contribution in [-0.4, -0.2) is 25.8 Å². The number of aromatic carboxylic acids is 1. The van der Waals surface area contributed by atoms with Crippen LogP contribution in [-0.2, 0) is 6.42 Å². The molecule has 4 rings (SSSR count). The van der Waals surface area contributed by atoms with Crippen molar-refractivity contribution in [3.63, 3.8) is 0 Å². The Morgan fingerprint density at radius 1 is 1.23 bits per heavy atom. The Morgan fingerprint density at radius 2 is 1.96 bits per heavy atom. The van der Waals surface area contributed by atoms with Crippen molar-refractivity contribution in [3.8, 4) is 5.69 Å². The summed E-state index contributed by atoms with van der Waals surface area (Å²) in [7, 11) is 0. The van der Waals surface area contributed by atoms with Crippen LogP contribution in [0, 0.1) is 6.92 Å². The van der Waals surface area contributed by atoms with Crippen molar-refractivity contribution in [2.45, 2.75) is 32.1 Å². The van der Waals surface area contributed by atoms with Crippen LogP contribution in [0.25, 0.3) is 5.69 Å². The zero-order chi connectivity index (χ0) is 18.3. The van der Waals surface area contributed by atoms with Crippen LogP contribution in [0.4, 0.5) is 0 Å². The normalized spacial score (nSPS) is 13.8. The molecule has 0 spiro atoms. The zero-order valence-electron chi connectivity index (χ0n) is 14.3. The Balaban J connectivity index is 1.66. The summed E-state index contributed by atoms with van der Waals surface area (Å²) in [6.07, 6.45) is 2.71. The quantitative estimate of drug-likeness (QED) is 0.725. The van der Waals surface area contributed by atoms with Crippen LogP contribution in [0.15, 0.2) is 42.5 Å². The number of halogens is 1. The van der Waals surface area contributed by atoms with Gasteiger partial charge in [-0.1, -0.05) is 23.7 Å². The summed E-state index contributed by atoms with van der Waals surface area (Å²) in [5, 5.41) is 14.7. The van der Waals surface area contributed by atoms with Crippen molar-refractivity contribution < 1.29 is 9.90 Å². The predicted molar refractivity (Wildman–Crippen MR) is 99.3 cm³/mol. The fourth-order valence-electron chi connectivity index (χ4n) is 3.16. The van der Waals surface area contributed by atoms with Crippen molar-refractivity contribution in [1.29, 1.82) is 0 Å². The minimum atomic E-state index is -0.878. The van der Waals surface area contributed by atoms with Gasteiger partial charge in [-0.2, -0.15) is 5.10 Å². The average molecular weight is 368 g/mol. The summed E-state index contributed by atoms with van der Waals surface area (Å²) in [5.41, 5.74) is 3.22. The average Bonchev–Trinajstić information content (AvgIpc) is 3.40. The van der Waals surface area contributed by atoms with Crippen molar-refractivity contribution in [3.05, 3.63) is 75.8 Å². The summed E-state index contributed by atoms with van der Waals surface area (Å²) in [6, 6.07) is 13.0. The molecule has 0 aliphatic heterocycles. The molecule has 1 aliphatic rings. The number of carboxylic acid groups (broad SMARTS) is 1. The van der Waals surface area contributed by atoms with Crippen LogP contribution >= 0.6 is 11.6 Å². The lowest BCUT2D eigenvalue weighted by Gasteiger charge is -2.09. The smallest absolute Gasteiger partial charge is 0.335 e. The van der Waals surface area contributed by atoms with E-state index in [0.717, 1.165) is 41.3 Å². The monoisotopic (exact) mass is 367 g/mol. The molecule has 0 atom stereocenters. The van der Waals surface area contributed by atoms with E-state index in [1.807, 2.05) is 37.3 Å². The molecule has 5 nitrogen and oxygen atoms in total. The number of hydrogen-bond acceptors (Lipinski definition) is 3. The number of rotatable bonds is 5. The van der Waals surface area contributed by atoms with Gasteiger partial charge in [-0.25, -0.2) is 14.5 Å². The van der Waals surface area contributed by atoms with E-state index in [-0.39, 0.29) is 0 Å². The molecule has 0 unspecified atom stereocenters. The van der Waals surface area contributed by atoms with Gasteiger partial charge in [0.25, 0.3) is 0 Å². The summed E-state index contributed by atoms with van der Waals surface area (Å²) < 4.78 is 1.78. The molecular formula is C20H18ClN3O2. The molecule has 1 aromatic heterocycles. The topological polar surface area (TPSA) is 68.0 Å². The molecule has 0 saturated heterocycles. The number of nitrogens with zero attached hydrogens (tertiary/aromatic N) is 3. The van der Waals surface area contributed by atoms with E-state index in [0.29, 0.717) is 22.9 Å². The van der Waals surface area contributed by atoms with Gasteiger partial charge in [-0.3, -0.25) is 0 Å². The summed E-state index contributed by atoms with van der Waals surface area (Å²) >= 11 is 5.93. The van der Waals surface area contributed by atoms with Crippen LogP contribution in [0.5, 0.6) is 0 Å². The lowest BCUT2D eigenvalue weighted by molar-refractivity contribution is 0.0695. The number of carbonyl (C=O) groups is 1. The zero-order valence-corrected chi connectivity index (χ0v) is 15.1. The first-order valence-corrected chi connectivity index (χ1v) is 8.93. The highest BCUT2D eigenvalue weighted by Crippen LogP contribution is 2.42. The molecule has 1 aliphatic carbocycles. The molecule has 1 heterocycles. The Morgan fingerprint density at radius 3 is 2.62 bits per heavy atom. The maximum absolute atomic E-state index is 11.5. The van der Waals surface area contributed by atoms with Gasteiger partial charge < -0.3 is 5.11 Å². The van der Waals surface area contributed by atoms with Crippen LogP contribution in [0.2, 0.25) is 5.02 Å². The van der Waals surface area contributed by atoms with Crippen LogP contribution in [0.1, 0.15) is 51.9 Å². The number of carboxylic acids is 1. The maximum Gasteiger partial charge on any atom is 0.335 e. The van der Waals surface area contributed by atoms with E-state index in [9.17, 15) is 9.90 Å². The molecule has 3 aromatic rings. The Kier molecular flexibility index (Phi) is 4.24. The Bertz CT molecular complexity index is 975. The van der Waals surface area contributed by atoms with Crippen molar-refractivity contribution in [1.82, 2.24) is 14.8 Å². The number of aromatic nitrogens is 3. The second kappa shape index (κ2) is 6.57. The highest BCUT2D eigenvalue weighted by Gasteiger charge is 2.28. The van der Waals surface area contributed by atoms with Crippen molar-refractivity contribution in [2.75, 3.05) is 0 Å². The summed E-state index contributed by atoms with van der Waals surface area (Å²) in [4.78, 5) is 16.0. The van der Waals surface area contributed by atoms with Gasteiger partial charge in [0, 0.05) is 11.4 Å². The van der Waals surface area contributed by atoms with Gasteiger partial charge in [0.2, 0.25) is 0 Å². The predicted octanol–water partition coefficient (Wildman–Crippen LogP) is 4.40. The third-order valence-corrected chi connectivity index (χ3v) is 4.87. The highest BCUT2D eigenvalue weighted by molar-refractivity contribution is 6.30. The van der Waals surface area contributed by atoms with E-state index >= 15 is 0 Å². The van der Waals surface area contributed by atoms with E-state index in [1.165, 1.54) is 0 Å². The third kappa shape index (κ3) is 3.35. The minimum Gasteiger partial charge on any atom is -0.478 e. The third-order valence-electron chi connectivity index (χ3n) is 4.62.